The van der Waals surface area contributed by atoms with Gasteiger partial charge < -0.3 is 14.6 Å². The monoisotopic (exact) mass is 267 g/mol. The Hall–Kier alpha value is -1.59. The van der Waals surface area contributed by atoms with Gasteiger partial charge in [0.05, 0.1) is 14.2 Å². The lowest BCUT2D eigenvalue weighted by Gasteiger charge is -2.27. The molecule has 0 saturated carbocycles. The van der Waals surface area contributed by atoms with E-state index in [9.17, 15) is 9.90 Å². The molecule has 1 N–H and O–H groups in total. The van der Waals surface area contributed by atoms with E-state index in [2.05, 4.69) is 4.74 Å². The Labute approximate surface area is 113 Å². The summed E-state index contributed by atoms with van der Waals surface area (Å²) in [7, 11) is 4.70. The lowest BCUT2D eigenvalue weighted by Crippen LogP contribution is -2.46. The second-order valence-corrected chi connectivity index (χ2v) is 4.75. The van der Waals surface area contributed by atoms with Gasteiger partial charge in [0, 0.05) is 18.7 Å². The van der Waals surface area contributed by atoms with Crippen LogP contribution < -0.4 is 4.74 Å². The van der Waals surface area contributed by atoms with Gasteiger partial charge in [0.15, 0.2) is 5.60 Å². The zero-order chi connectivity index (χ0) is 14.5. The molecule has 0 saturated heterocycles. The van der Waals surface area contributed by atoms with Crippen LogP contribution in [0.4, 0.5) is 0 Å². The Balaban J connectivity index is 2.70. The van der Waals surface area contributed by atoms with Gasteiger partial charge >= 0.3 is 5.97 Å². The van der Waals surface area contributed by atoms with E-state index < -0.39 is 11.6 Å². The van der Waals surface area contributed by atoms with Crippen molar-refractivity contribution in [1.29, 1.82) is 0 Å². The minimum absolute atomic E-state index is 0.178. The standard InChI is InChI=1S/C14H21NO4/c1-14(17,13(16)19-4)10-15(2)9-11-7-5-6-8-12(11)18-3/h5-8,17H,9-10H2,1-4H3. The van der Waals surface area contributed by atoms with Crippen molar-refractivity contribution in [1.82, 2.24) is 4.90 Å². The molecule has 19 heavy (non-hydrogen) atoms. The molecule has 1 aromatic rings. The molecule has 0 aliphatic heterocycles. The SMILES string of the molecule is COC(=O)C(C)(O)CN(C)Cc1ccccc1OC. The summed E-state index contributed by atoms with van der Waals surface area (Å²) in [6.45, 7) is 2.19. The van der Waals surface area contributed by atoms with E-state index in [0.717, 1.165) is 11.3 Å². The van der Waals surface area contributed by atoms with E-state index in [1.54, 1.807) is 7.11 Å². The smallest absolute Gasteiger partial charge is 0.338 e. The number of benzene rings is 1. The third-order valence-corrected chi connectivity index (χ3v) is 2.84. The van der Waals surface area contributed by atoms with E-state index in [0.29, 0.717) is 6.54 Å². The molecule has 0 heterocycles. The van der Waals surface area contributed by atoms with Crippen molar-refractivity contribution in [3.63, 3.8) is 0 Å². The Morgan fingerprint density at radius 1 is 1.37 bits per heavy atom. The van der Waals surface area contributed by atoms with Crippen LogP contribution in [0.15, 0.2) is 24.3 Å². The second kappa shape index (κ2) is 6.54. The number of methoxy groups -OCH3 is 2. The number of carbonyl (C=O) groups excluding carboxylic acids is 1. The number of aliphatic hydroxyl groups is 1. The number of esters is 1. The maximum absolute atomic E-state index is 11.4. The van der Waals surface area contributed by atoms with Crippen molar-refractivity contribution in [3.8, 4) is 5.75 Å². The van der Waals surface area contributed by atoms with Gasteiger partial charge in [0.2, 0.25) is 0 Å². The first-order valence-corrected chi connectivity index (χ1v) is 6.02. The van der Waals surface area contributed by atoms with Gasteiger partial charge in [0.25, 0.3) is 0 Å². The molecule has 106 valence electrons. The molecule has 0 fully saturated rings. The van der Waals surface area contributed by atoms with Gasteiger partial charge in [-0.05, 0) is 20.0 Å². The fraction of sp³-hybridized carbons (Fsp3) is 0.500. The Kier molecular flexibility index (Phi) is 5.32. The molecule has 0 aromatic heterocycles. The topological polar surface area (TPSA) is 59.0 Å². The molecule has 5 heteroatoms. The van der Waals surface area contributed by atoms with E-state index in [4.69, 9.17) is 4.74 Å². The fourth-order valence-electron chi connectivity index (χ4n) is 1.99. The van der Waals surface area contributed by atoms with Crippen LogP contribution in [0, 0.1) is 0 Å². The summed E-state index contributed by atoms with van der Waals surface area (Å²) in [4.78, 5) is 13.3. The molecular weight excluding hydrogens is 246 g/mol. The normalized spacial score (nSPS) is 14.0. The Bertz CT molecular complexity index is 431. The van der Waals surface area contributed by atoms with Crippen molar-refractivity contribution in [3.05, 3.63) is 29.8 Å². The van der Waals surface area contributed by atoms with E-state index in [1.165, 1.54) is 14.0 Å². The molecule has 5 nitrogen and oxygen atoms in total. The third kappa shape index (κ3) is 4.22. The van der Waals surface area contributed by atoms with Crippen LogP contribution in [0.1, 0.15) is 12.5 Å². The number of hydrogen-bond acceptors (Lipinski definition) is 5. The molecule has 0 radical (unpaired) electrons. The van der Waals surface area contributed by atoms with E-state index in [-0.39, 0.29) is 6.54 Å². The van der Waals surface area contributed by atoms with Gasteiger partial charge in [-0.3, -0.25) is 4.90 Å². The lowest BCUT2D eigenvalue weighted by atomic mass is 10.1. The molecule has 0 bridgehead atoms. The first-order chi connectivity index (χ1) is 8.90. The predicted octanol–water partition coefficient (Wildman–Crippen LogP) is 1.05. The van der Waals surface area contributed by atoms with E-state index >= 15 is 0 Å². The fourth-order valence-corrected chi connectivity index (χ4v) is 1.99. The molecule has 1 rings (SSSR count). The molecule has 0 aliphatic carbocycles. The van der Waals surface area contributed by atoms with Gasteiger partial charge in [0.1, 0.15) is 5.75 Å². The number of rotatable bonds is 6. The maximum Gasteiger partial charge on any atom is 0.338 e. The molecular formula is C14H21NO4. The van der Waals surface area contributed by atoms with Crippen LogP contribution in [0.5, 0.6) is 5.75 Å². The summed E-state index contributed by atoms with van der Waals surface area (Å²) in [6.07, 6.45) is 0. The van der Waals surface area contributed by atoms with Crippen molar-refractivity contribution in [2.45, 2.75) is 19.1 Å². The van der Waals surface area contributed by atoms with Gasteiger partial charge in [-0.15, -0.1) is 0 Å². The van der Waals surface area contributed by atoms with Gasteiger partial charge in [-0.2, -0.15) is 0 Å². The number of hydrogen-bond donors (Lipinski definition) is 1. The maximum atomic E-state index is 11.4. The zero-order valence-corrected chi connectivity index (χ0v) is 11.8. The summed E-state index contributed by atoms with van der Waals surface area (Å²) in [5, 5.41) is 10.0. The quantitative estimate of drug-likeness (QED) is 0.781. The minimum atomic E-state index is -1.52. The third-order valence-electron chi connectivity index (χ3n) is 2.84. The van der Waals surface area contributed by atoms with Crippen molar-refractivity contribution < 1.29 is 19.4 Å². The van der Waals surface area contributed by atoms with Crippen LogP contribution >= 0.6 is 0 Å². The van der Waals surface area contributed by atoms with Crippen LogP contribution in [0.3, 0.4) is 0 Å². The Morgan fingerprint density at radius 3 is 2.58 bits per heavy atom. The predicted molar refractivity (Wildman–Crippen MR) is 72.0 cm³/mol. The minimum Gasteiger partial charge on any atom is -0.496 e. The number of likely N-dealkylation sites (N-methyl/N-ethyl adjacent to an activating group) is 1. The average Bonchev–Trinajstić information content (AvgIpc) is 2.37. The van der Waals surface area contributed by atoms with Gasteiger partial charge in [-0.25, -0.2) is 4.79 Å². The van der Waals surface area contributed by atoms with Crippen molar-refractivity contribution in [2.24, 2.45) is 0 Å². The molecule has 0 aliphatic rings. The van der Waals surface area contributed by atoms with Crippen molar-refractivity contribution in [2.75, 3.05) is 27.8 Å². The number of para-hydroxylation sites is 1. The number of carbonyl (C=O) groups is 1. The lowest BCUT2D eigenvalue weighted by molar-refractivity contribution is -0.162. The van der Waals surface area contributed by atoms with E-state index in [1.807, 2.05) is 36.2 Å². The molecule has 0 spiro atoms. The Morgan fingerprint density at radius 2 is 2.00 bits per heavy atom. The second-order valence-electron chi connectivity index (χ2n) is 4.75. The molecule has 1 unspecified atom stereocenters. The highest BCUT2D eigenvalue weighted by Crippen LogP contribution is 2.19. The zero-order valence-electron chi connectivity index (χ0n) is 11.8. The van der Waals surface area contributed by atoms with Crippen LogP contribution in [-0.2, 0) is 16.1 Å². The summed E-state index contributed by atoms with van der Waals surface area (Å²) in [6, 6.07) is 7.64. The summed E-state index contributed by atoms with van der Waals surface area (Å²) in [5.74, 6) is 0.145. The highest BCUT2D eigenvalue weighted by Gasteiger charge is 2.32. The molecule has 1 atom stereocenters. The van der Waals surface area contributed by atoms with Crippen molar-refractivity contribution >= 4 is 5.97 Å². The average molecular weight is 267 g/mol. The summed E-state index contributed by atoms with van der Waals surface area (Å²) >= 11 is 0. The number of ether oxygens (including phenoxy) is 2. The molecule has 0 amide bonds. The van der Waals surface area contributed by atoms with Crippen LogP contribution in [0.25, 0.3) is 0 Å². The molecule has 1 aromatic carbocycles. The van der Waals surface area contributed by atoms with Crippen LogP contribution in [-0.4, -0.2) is 49.4 Å². The number of nitrogens with zero attached hydrogens (tertiary/aromatic N) is 1. The van der Waals surface area contributed by atoms with Gasteiger partial charge in [-0.1, -0.05) is 18.2 Å². The highest BCUT2D eigenvalue weighted by molar-refractivity contribution is 5.78. The summed E-state index contributed by atoms with van der Waals surface area (Å²) in [5.41, 5.74) is -0.529. The summed E-state index contributed by atoms with van der Waals surface area (Å²) < 4.78 is 9.83. The first-order valence-electron chi connectivity index (χ1n) is 6.02. The first kappa shape index (κ1) is 15.5. The van der Waals surface area contributed by atoms with Crippen LogP contribution in [0.2, 0.25) is 0 Å². The highest BCUT2D eigenvalue weighted by atomic mass is 16.5. The largest absolute Gasteiger partial charge is 0.496 e.